The van der Waals surface area contributed by atoms with Crippen molar-refractivity contribution in [2.24, 2.45) is 5.41 Å². The number of aromatic amines is 1. The third-order valence-corrected chi connectivity index (χ3v) is 5.91. The summed E-state index contributed by atoms with van der Waals surface area (Å²) >= 11 is 0. The molecule has 9 heteroatoms. The topological polar surface area (TPSA) is 120 Å². The number of pyridine rings is 1. The molecule has 0 atom stereocenters. The molecule has 160 valence electrons. The van der Waals surface area contributed by atoms with Crippen LogP contribution in [0.1, 0.15) is 59.5 Å². The van der Waals surface area contributed by atoms with Crippen LogP contribution in [0.4, 0.5) is 0 Å². The van der Waals surface area contributed by atoms with E-state index in [9.17, 15) is 24.0 Å². The largest absolute Gasteiger partial charge is 0.345 e. The van der Waals surface area contributed by atoms with Crippen molar-refractivity contribution in [1.82, 2.24) is 20.1 Å². The SMILES string of the molecule is CC1(C)CC(=O)c2cc(C(=O)N3CCN(C(=O)C(=O)NC4CC4)CC3)c(=O)[nH]c2C1. The molecule has 2 aliphatic carbocycles. The summed E-state index contributed by atoms with van der Waals surface area (Å²) in [5.41, 5.74) is 0.185. The van der Waals surface area contributed by atoms with Gasteiger partial charge in [-0.1, -0.05) is 13.8 Å². The number of piperazine rings is 1. The average Bonchev–Trinajstić information content (AvgIpc) is 3.49. The van der Waals surface area contributed by atoms with Gasteiger partial charge in [0.05, 0.1) is 0 Å². The molecule has 0 spiro atoms. The van der Waals surface area contributed by atoms with Crippen molar-refractivity contribution >= 4 is 23.5 Å². The van der Waals surface area contributed by atoms with Crippen LogP contribution in [0, 0.1) is 5.41 Å². The van der Waals surface area contributed by atoms with Crippen molar-refractivity contribution in [2.45, 2.75) is 45.6 Å². The Morgan fingerprint density at radius 2 is 1.67 bits per heavy atom. The smallest absolute Gasteiger partial charge is 0.312 e. The number of ketones is 1. The fourth-order valence-electron chi connectivity index (χ4n) is 4.09. The highest BCUT2D eigenvalue weighted by molar-refractivity contribution is 6.35. The van der Waals surface area contributed by atoms with E-state index in [1.54, 1.807) is 0 Å². The molecule has 1 saturated heterocycles. The van der Waals surface area contributed by atoms with Gasteiger partial charge in [0.1, 0.15) is 5.56 Å². The number of nitrogens with zero attached hydrogens (tertiary/aromatic N) is 2. The minimum atomic E-state index is -0.607. The molecular weight excluding hydrogens is 388 g/mol. The molecule has 0 radical (unpaired) electrons. The molecule has 0 aromatic carbocycles. The number of rotatable bonds is 2. The number of H-pyrrole nitrogens is 1. The van der Waals surface area contributed by atoms with Gasteiger partial charge < -0.3 is 20.1 Å². The molecule has 9 nitrogen and oxygen atoms in total. The lowest BCUT2D eigenvalue weighted by molar-refractivity contribution is -0.146. The van der Waals surface area contributed by atoms with Gasteiger partial charge in [-0.05, 0) is 30.7 Å². The number of hydrogen-bond acceptors (Lipinski definition) is 5. The predicted octanol–water partition coefficient (Wildman–Crippen LogP) is 0.0930. The van der Waals surface area contributed by atoms with Gasteiger partial charge in [0, 0.05) is 49.9 Å². The zero-order valence-electron chi connectivity index (χ0n) is 17.2. The Bertz CT molecular complexity index is 984. The highest BCUT2D eigenvalue weighted by atomic mass is 16.2. The molecule has 1 saturated carbocycles. The van der Waals surface area contributed by atoms with E-state index in [2.05, 4.69) is 10.3 Å². The summed E-state index contributed by atoms with van der Waals surface area (Å²) in [4.78, 5) is 67.7. The van der Waals surface area contributed by atoms with Gasteiger partial charge in [0.2, 0.25) is 0 Å². The second-order valence-electron chi connectivity index (χ2n) is 9.18. The van der Waals surface area contributed by atoms with E-state index < -0.39 is 23.3 Å². The third-order valence-electron chi connectivity index (χ3n) is 5.91. The Balaban J connectivity index is 1.44. The molecule has 0 bridgehead atoms. The van der Waals surface area contributed by atoms with Crippen molar-refractivity contribution in [3.63, 3.8) is 0 Å². The van der Waals surface area contributed by atoms with E-state index in [0.717, 1.165) is 12.8 Å². The number of Topliss-reactive ketones (excluding diaryl/α,β-unsaturated/α-hetero) is 1. The summed E-state index contributed by atoms with van der Waals surface area (Å²) < 4.78 is 0. The lowest BCUT2D eigenvalue weighted by Crippen LogP contribution is -2.54. The number of carbonyl (C=O) groups is 4. The van der Waals surface area contributed by atoms with Crippen LogP contribution in [0.3, 0.4) is 0 Å². The van der Waals surface area contributed by atoms with E-state index in [0.29, 0.717) is 24.1 Å². The predicted molar refractivity (Wildman–Crippen MR) is 107 cm³/mol. The van der Waals surface area contributed by atoms with Gasteiger partial charge in [-0.3, -0.25) is 24.0 Å². The molecule has 1 aliphatic heterocycles. The van der Waals surface area contributed by atoms with Crippen LogP contribution in [0.25, 0.3) is 0 Å². The molecule has 3 aliphatic rings. The van der Waals surface area contributed by atoms with Crippen molar-refractivity contribution in [3.05, 3.63) is 33.2 Å². The van der Waals surface area contributed by atoms with Gasteiger partial charge in [0.25, 0.3) is 11.5 Å². The average molecular weight is 414 g/mol. The van der Waals surface area contributed by atoms with Crippen LogP contribution in [0.2, 0.25) is 0 Å². The van der Waals surface area contributed by atoms with E-state index in [1.165, 1.54) is 15.9 Å². The fourth-order valence-corrected chi connectivity index (χ4v) is 4.09. The van der Waals surface area contributed by atoms with Crippen molar-refractivity contribution in [1.29, 1.82) is 0 Å². The Labute approximate surface area is 173 Å². The molecule has 30 heavy (non-hydrogen) atoms. The molecule has 0 unspecified atom stereocenters. The van der Waals surface area contributed by atoms with Gasteiger partial charge in [0.15, 0.2) is 5.78 Å². The standard InChI is InChI=1S/C21H26N4O5/c1-21(2)10-15-13(16(26)11-21)9-14(17(27)23-15)19(29)24-5-7-25(8-6-24)20(30)18(28)22-12-3-4-12/h9,12H,3-8,10-11H2,1-2H3,(H,22,28)(H,23,27). The fraction of sp³-hybridized carbons (Fsp3) is 0.571. The van der Waals surface area contributed by atoms with Crippen LogP contribution in [-0.4, -0.2) is 70.5 Å². The first kappa shape index (κ1) is 20.3. The summed E-state index contributed by atoms with van der Waals surface area (Å²) in [6.45, 7) is 4.82. The summed E-state index contributed by atoms with van der Waals surface area (Å²) in [5, 5.41) is 2.67. The van der Waals surface area contributed by atoms with Gasteiger partial charge >= 0.3 is 11.8 Å². The van der Waals surface area contributed by atoms with E-state index in [-0.39, 0.29) is 49.0 Å². The van der Waals surface area contributed by atoms with Crippen LogP contribution in [-0.2, 0) is 16.0 Å². The zero-order chi connectivity index (χ0) is 21.6. The number of carbonyl (C=O) groups excluding carboxylic acids is 4. The minimum absolute atomic E-state index is 0.0620. The second-order valence-corrected chi connectivity index (χ2v) is 9.18. The molecular formula is C21H26N4O5. The second kappa shape index (κ2) is 7.37. The molecule has 4 rings (SSSR count). The lowest BCUT2D eigenvalue weighted by atomic mass is 9.75. The molecule has 1 aromatic heterocycles. The zero-order valence-corrected chi connectivity index (χ0v) is 17.2. The molecule has 2 N–H and O–H groups in total. The maximum atomic E-state index is 12.9. The van der Waals surface area contributed by atoms with Gasteiger partial charge in [-0.2, -0.15) is 0 Å². The Morgan fingerprint density at radius 3 is 2.30 bits per heavy atom. The lowest BCUT2D eigenvalue weighted by Gasteiger charge is -2.34. The Hall–Kier alpha value is -2.97. The van der Waals surface area contributed by atoms with Crippen LogP contribution < -0.4 is 10.9 Å². The molecule has 1 aromatic rings. The van der Waals surface area contributed by atoms with Crippen LogP contribution >= 0.6 is 0 Å². The van der Waals surface area contributed by atoms with Gasteiger partial charge in [-0.25, -0.2) is 0 Å². The number of amides is 3. The van der Waals surface area contributed by atoms with Crippen LogP contribution in [0.15, 0.2) is 10.9 Å². The summed E-state index contributed by atoms with van der Waals surface area (Å²) in [6, 6.07) is 1.52. The first-order valence-corrected chi connectivity index (χ1v) is 10.3. The number of nitrogens with one attached hydrogen (secondary N) is 2. The maximum absolute atomic E-state index is 12.9. The first-order chi connectivity index (χ1) is 14.1. The minimum Gasteiger partial charge on any atom is -0.345 e. The van der Waals surface area contributed by atoms with Crippen molar-refractivity contribution < 1.29 is 19.2 Å². The highest BCUT2D eigenvalue weighted by Gasteiger charge is 2.35. The van der Waals surface area contributed by atoms with E-state index in [4.69, 9.17) is 0 Å². The summed E-state index contributed by atoms with van der Waals surface area (Å²) in [5.74, 6) is -1.74. The number of aromatic nitrogens is 1. The van der Waals surface area contributed by atoms with E-state index in [1.807, 2.05) is 13.8 Å². The Kier molecular flexibility index (Phi) is 4.99. The monoisotopic (exact) mass is 414 g/mol. The quantitative estimate of drug-likeness (QED) is 0.665. The summed E-state index contributed by atoms with van der Waals surface area (Å²) in [6.07, 6.45) is 2.73. The molecule has 2 fully saturated rings. The van der Waals surface area contributed by atoms with Crippen molar-refractivity contribution in [2.75, 3.05) is 26.2 Å². The molecule has 2 heterocycles. The summed E-state index contributed by atoms with van der Waals surface area (Å²) in [7, 11) is 0. The van der Waals surface area contributed by atoms with Crippen molar-refractivity contribution in [3.8, 4) is 0 Å². The maximum Gasteiger partial charge on any atom is 0.312 e. The third kappa shape index (κ3) is 4.01. The molecule has 3 amide bonds. The first-order valence-electron chi connectivity index (χ1n) is 10.3. The van der Waals surface area contributed by atoms with E-state index >= 15 is 0 Å². The number of hydrogen-bond donors (Lipinski definition) is 2. The number of fused-ring (bicyclic) bond motifs is 1. The highest BCUT2D eigenvalue weighted by Crippen LogP contribution is 2.33. The van der Waals surface area contributed by atoms with Crippen LogP contribution in [0.5, 0.6) is 0 Å². The normalized spacial score (nSPS) is 20.5. The van der Waals surface area contributed by atoms with Gasteiger partial charge in [-0.15, -0.1) is 0 Å². The Morgan fingerprint density at radius 1 is 1.03 bits per heavy atom.